The molecule has 3 rings (SSSR count). The van der Waals surface area contributed by atoms with Gasteiger partial charge in [0.25, 0.3) is 0 Å². The molecule has 0 atom stereocenters. The molecule has 1 heterocycles. The van der Waals surface area contributed by atoms with Crippen LogP contribution in [0, 0.1) is 5.82 Å². The SMILES string of the molecule is Fc1ccc(Cl)cc1CNCCc1c[nH]c2ccccc12. The zero-order valence-electron chi connectivity index (χ0n) is 11.5. The van der Waals surface area contributed by atoms with Gasteiger partial charge in [-0.2, -0.15) is 0 Å². The van der Waals surface area contributed by atoms with Crippen LogP contribution in [0.4, 0.5) is 4.39 Å². The van der Waals surface area contributed by atoms with E-state index in [9.17, 15) is 4.39 Å². The van der Waals surface area contributed by atoms with Gasteiger partial charge in [0.2, 0.25) is 0 Å². The zero-order chi connectivity index (χ0) is 14.7. The first-order valence-electron chi connectivity index (χ1n) is 6.93. The first-order chi connectivity index (χ1) is 10.2. The van der Waals surface area contributed by atoms with E-state index < -0.39 is 0 Å². The lowest BCUT2D eigenvalue weighted by atomic mass is 10.1. The number of rotatable bonds is 5. The van der Waals surface area contributed by atoms with E-state index in [0.717, 1.165) is 18.5 Å². The summed E-state index contributed by atoms with van der Waals surface area (Å²) in [7, 11) is 0. The van der Waals surface area contributed by atoms with Gasteiger partial charge in [-0.15, -0.1) is 0 Å². The van der Waals surface area contributed by atoms with Crippen LogP contribution < -0.4 is 5.32 Å². The molecule has 2 N–H and O–H groups in total. The summed E-state index contributed by atoms with van der Waals surface area (Å²) in [6, 6.07) is 12.9. The summed E-state index contributed by atoms with van der Waals surface area (Å²) < 4.78 is 13.6. The minimum absolute atomic E-state index is 0.223. The Morgan fingerprint density at radius 3 is 2.86 bits per heavy atom. The van der Waals surface area contributed by atoms with E-state index in [1.807, 2.05) is 18.3 Å². The molecule has 2 aromatic carbocycles. The smallest absolute Gasteiger partial charge is 0.127 e. The van der Waals surface area contributed by atoms with E-state index in [1.165, 1.54) is 17.0 Å². The summed E-state index contributed by atoms with van der Waals surface area (Å²) >= 11 is 5.88. The van der Waals surface area contributed by atoms with Crippen LogP contribution >= 0.6 is 11.6 Å². The van der Waals surface area contributed by atoms with Crippen molar-refractivity contribution in [1.82, 2.24) is 10.3 Å². The first kappa shape index (κ1) is 14.1. The molecule has 3 aromatic rings. The van der Waals surface area contributed by atoms with Gasteiger partial charge in [-0.3, -0.25) is 0 Å². The highest BCUT2D eigenvalue weighted by atomic mass is 35.5. The Kier molecular flexibility index (Phi) is 4.23. The van der Waals surface area contributed by atoms with Crippen molar-refractivity contribution < 1.29 is 4.39 Å². The van der Waals surface area contributed by atoms with E-state index in [-0.39, 0.29) is 5.82 Å². The van der Waals surface area contributed by atoms with Crippen LogP contribution in [-0.2, 0) is 13.0 Å². The van der Waals surface area contributed by atoms with Crippen molar-refractivity contribution in [1.29, 1.82) is 0 Å². The summed E-state index contributed by atoms with van der Waals surface area (Å²) in [5, 5.41) is 5.06. The van der Waals surface area contributed by atoms with Crippen molar-refractivity contribution in [2.24, 2.45) is 0 Å². The molecule has 0 radical (unpaired) electrons. The zero-order valence-corrected chi connectivity index (χ0v) is 12.3. The van der Waals surface area contributed by atoms with E-state index in [2.05, 4.69) is 22.4 Å². The Labute approximate surface area is 127 Å². The quantitative estimate of drug-likeness (QED) is 0.676. The van der Waals surface area contributed by atoms with Crippen molar-refractivity contribution in [3.8, 4) is 0 Å². The number of hydrogen-bond donors (Lipinski definition) is 2. The Hall–Kier alpha value is -1.84. The molecule has 0 saturated carbocycles. The van der Waals surface area contributed by atoms with Crippen LogP contribution in [0.15, 0.2) is 48.7 Å². The minimum Gasteiger partial charge on any atom is -0.361 e. The molecule has 1 aromatic heterocycles. The number of benzene rings is 2. The van der Waals surface area contributed by atoms with E-state index in [0.29, 0.717) is 17.1 Å². The predicted molar refractivity (Wildman–Crippen MR) is 85.1 cm³/mol. The fraction of sp³-hybridized carbons (Fsp3) is 0.176. The van der Waals surface area contributed by atoms with Gasteiger partial charge in [0.1, 0.15) is 5.82 Å². The topological polar surface area (TPSA) is 27.8 Å². The molecule has 0 saturated heterocycles. The molecule has 108 valence electrons. The number of H-pyrrole nitrogens is 1. The predicted octanol–water partition coefficient (Wildman–Crippen LogP) is 4.29. The van der Waals surface area contributed by atoms with Gasteiger partial charge in [0.15, 0.2) is 0 Å². The third-order valence-electron chi connectivity index (χ3n) is 3.57. The molecule has 0 aliphatic carbocycles. The molecule has 0 unspecified atom stereocenters. The first-order valence-corrected chi connectivity index (χ1v) is 7.31. The summed E-state index contributed by atoms with van der Waals surface area (Å²) in [6.45, 7) is 1.27. The fourth-order valence-electron chi connectivity index (χ4n) is 2.46. The third-order valence-corrected chi connectivity index (χ3v) is 3.80. The lowest BCUT2D eigenvalue weighted by molar-refractivity contribution is 0.588. The van der Waals surface area contributed by atoms with Gasteiger partial charge in [-0.05, 0) is 42.8 Å². The van der Waals surface area contributed by atoms with Crippen molar-refractivity contribution in [3.05, 3.63) is 70.6 Å². The molecule has 4 heteroatoms. The number of halogens is 2. The van der Waals surface area contributed by atoms with Crippen LogP contribution in [0.3, 0.4) is 0 Å². The standard InChI is InChI=1S/C17H16ClFN2/c18-14-5-6-16(19)13(9-14)10-20-8-7-12-11-21-17-4-2-1-3-15(12)17/h1-6,9,11,20-21H,7-8,10H2. The Morgan fingerprint density at radius 2 is 1.95 bits per heavy atom. The van der Waals surface area contributed by atoms with Crippen LogP contribution in [-0.4, -0.2) is 11.5 Å². The third kappa shape index (κ3) is 3.26. The highest BCUT2D eigenvalue weighted by molar-refractivity contribution is 6.30. The summed E-state index contributed by atoms with van der Waals surface area (Å²) in [4.78, 5) is 3.26. The molecule has 0 fully saturated rings. The summed E-state index contributed by atoms with van der Waals surface area (Å²) in [6.07, 6.45) is 2.93. The molecule has 2 nitrogen and oxygen atoms in total. The number of hydrogen-bond acceptors (Lipinski definition) is 1. The maximum Gasteiger partial charge on any atom is 0.127 e. The van der Waals surface area contributed by atoms with Crippen LogP contribution in [0.5, 0.6) is 0 Å². The summed E-state index contributed by atoms with van der Waals surface area (Å²) in [5.74, 6) is -0.223. The van der Waals surface area contributed by atoms with Gasteiger partial charge in [0.05, 0.1) is 0 Å². The van der Waals surface area contributed by atoms with Crippen LogP contribution in [0.2, 0.25) is 5.02 Å². The highest BCUT2D eigenvalue weighted by Gasteiger charge is 2.04. The Balaban J connectivity index is 1.58. The second-order valence-corrected chi connectivity index (χ2v) is 5.46. The average molecular weight is 303 g/mol. The van der Waals surface area contributed by atoms with Gasteiger partial charge in [-0.25, -0.2) is 4.39 Å². The van der Waals surface area contributed by atoms with Crippen molar-refractivity contribution >= 4 is 22.5 Å². The van der Waals surface area contributed by atoms with Gasteiger partial charge in [-0.1, -0.05) is 29.8 Å². The fourth-order valence-corrected chi connectivity index (χ4v) is 2.66. The highest BCUT2D eigenvalue weighted by Crippen LogP contribution is 2.18. The number of para-hydroxylation sites is 1. The van der Waals surface area contributed by atoms with Gasteiger partial charge in [0, 0.05) is 34.2 Å². The molecule has 21 heavy (non-hydrogen) atoms. The Morgan fingerprint density at radius 1 is 1.10 bits per heavy atom. The average Bonchev–Trinajstić information content (AvgIpc) is 2.90. The van der Waals surface area contributed by atoms with Crippen molar-refractivity contribution in [3.63, 3.8) is 0 Å². The normalized spacial score (nSPS) is 11.1. The van der Waals surface area contributed by atoms with Crippen LogP contribution in [0.25, 0.3) is 10.9 Å². The molecule has 0 spiro atoms. The van der Waals surface area contributed by atoms with Gasteiger partial charge >= 0.3 is 0 Å². The second-order valence-electron chi connectivity index (χ2n) is 5.02. The largest absolute Gasteiger partial charge is 0.361 e. The molecule has 0 amide bonds. The van der Waals surface area contributed by atoms with E-state index in [1.54, 1.807) is 12.1 Å². The minimum atomic E-state index is -0.223. The number of nitrogens with one attached hydrogen (secondary N) is 2. The van der Waals surface area contributed by atoms with Crippen LogP contribution in [0.1, 0.15) is 11.1 Å². The number of aromatic nitrogens is 1. The maximum atomic E-state index is 13.6. The van der Waals surface area contributed by atoms with E-state index in [4.69, 9.17) is 11.6 Å². The lowest BCUT2D eigenvalue weighted by Crippen LogP contribution is -2.17. The Bertz CT molecular complexity index is 751. The summed E-state index contributed by atoms with van der Waals surface area (Å²) in [5.41, 5.74) is 3.01. The molecule has 0 bridgehead atoms. The van der Waals surface area contributed by atoms with Gasteiger partial charge < -0.3 is 10.3 Å². The molecule has 0 aliphatic rings. The molecular weight excluding hydrogens is 287 g/mol. The van der Waals surface area contributed by atoms with Crippen molar-refractivity contribution in [2.75, 3.05) is 6.54 Å². The maximum absolute atomic E-state index is 13.6. The number of fused-ring (bicyclic) bond motifs is 1. The molecule has 0 aliphatic heterocycles. The lowest BCUT2D eigenvalue weighted by Gasteiger charge is -2.06. The van der Waals surface area contributed by atoms with E-state index >= 15 is 0 Å². The second kappa shape index (κ2) is 6.29. The monoisotopic (exact) mass is 302 g/mol. The molecular formula is C17H16ClFN2. The van der Waals surface area contributed by atoms with Crippen molar-refractivity contribution in [2.45, 2.75) is 13.0 Å². The number of aromatic amines is 1.